The van der Waals surface area contributed by atoms with Crippen LogP contribution in [0.15, 0.2) is 42.5 Å². The first kappa shape index (κ1) is 18.2. The van der Waals surface area contributed by atoms with Gasteiger partial charge in [0.1, 0.15) is 11.9 Å². The molecule has 0 saturated carbocycles. The summed E-state index contributed by atoms with van der Waals surface area (Å²) in [4.78, 5) is 12.9. The number of rotatable bonds is 3. The second kappa shape index (κ2) is 7.45. The SMILES string of the molecule is N#Cc1ccc(NC(=O)c2nn(-c3ccc(F)cc3)c3c2CCCC3)cc1Cl. The van der Waals surface area contributed by atoms with E-state index in [4.69, 9.17) is 16.9 Å². The van der Waals surface area contributed by atoms with E-state index < -0.39 is 0 Å². The van der Waals surface area contributed by atoms with Crippen LogP contribution in [0.1, 0.15) is 40.2 Å². The van der Waals surface area contributed by atoms with Gasteiger partial charge in [0.25, 0.3) is 5.91 Å². The zero-order chi connectivity index (χ0) is 19.7. The Bertz CT molecular complexity index is 1100. The monoisotopic (exact) mass is 394 g/mol. The van der Waals surface area contributed by atoms with Gasteiger partial charge in [-0.25, -0.2) is 9.07 Å². The van der Waals surface area contributed by atoms with Gasteiger partial charge in [0.2, 0.25) is 0 Å². The van der Waals surface area contributed by atoms with Gasteiger partial charge in [-0.2, -0.15) is 10.4 Å². The van der Waals surface area contributed by atoms with Crippen LogP contribution in [0.2, 0.25) is 5.02 Å². The Kier molecular flexibility index (Phi) is 4.84. The lowest BCUT2D eigenvalue weighted by molar-refractivity contribution is 0.102. The average Bonchev–Trinajstić information content (AvgIpc) is 3.09. The zero-order valence-corrected chi connectivity index (χ0v) is 15.6. The molecule has 1 heterocycles. The first-order chi connectivity index (χ1) is 13.6. The molecule has 0 atom stereocenters. The lowest BCUT2D eigenvalue weighted by atomic mass is 9.95. The standard InChI is InChI=1S/C21H16ClFN4O/c22-18-11-15(8-5-13(18)12-24)25-21(28)20-17-3-1-2-4-19(17)27(26-20)16-9-6-14(23)7-10-16/h5-11H,1-4H2,(H,25,28). The molecule has 1 aliphatic carbocycles. The molecule has 1 N–H and O–H groups in total. The van der Waals surface area contributed by atoms with E-state index in [1.54, 1.807) is 35.0 Å². The highest BCUT2D eigenvalue weighted by Crippen LogP contribution is 2.28. The minimum Gasteiger partial charge on any atom is -0.321 e. The number of carbonyl (C=O) groups excluding carboxylic acids is 1. The Balaban J connectivity index is 1.69. The van der Waals surface area contributed by atoms with Gasteiger partial charge >= 0.3 is 0 Å². The van der Waals surface area contributed by atoms with Crippen molar-refractivity contribution in [2.24, 2.45) is 0 Å². The van der Waals surface area contributed by atoms with Crippen LogP contribution in [0.4, 0.5) is 10.1 Å². The number of aromatic nitrogens is 2. The van der Waals surface area contributed by atoms with Gasteiger partial charge in [-0.05, 0) is 68.1 Å². The highest BCUT2D eigenvalue weighted by atomic mass is 35.5. The van der Waals surface area contributed by atoms with E-state index in [0.29, 0.717) is 16.9 Å². The van der Waals surface area contributed by atoms with Crippen LogP contribution in [0.3, 0.4) is 0 Å². The Morgan fingerprint density at radius 3 is 2.64 bits per heavy atom. The number of nitrogens with one attached hydrogen (secondary N) is 1. The number of amides is 1. The van der Waals surface area contributed by atoms with Crippen molar-refractivity contribution in [3.63, 3.8) is 0 Å². The van der Waals surface area contributed by atoms with Crippen molar-refractivity contribution in [3.05, 3.63) is 75.8 Å². The predicted molar refractivity (Wildman–Crippen MR) is 104 cm³/mol. The first-order valence-electron chi connectivity index (χ1n) is 8.94. The fourth-order valence-electron chi connectivity index (χ4n) is 3.45. The molecule has 1 amide bonds. The average molecular weight is 395 g/mol. The van der Waals surface area contributed by atoms with Crippen LogP contribution in [0, 0.1) is 17.1 Å². The maximum Gasteiger partial charge on any atom is 0.276 e. The molecule has 1 aliphatic rings. The molecule has 0 bridgehead atoms. The first-order valence-corrected chi connectivity index (χ1v) is 9.32. The smallest absolute Gasteiger partial charge is 0.276 e. The highest BCUT2D eigenvalue weighted by Gasteiger charge is 2.25. The zero-order valence-electron chi connectivity index (χ0n) is 14.9. The summed E-state index contributed by atoms with van der Waals surface area (Å²) >= 11 is 6.05. The van der Waals surface area contributed by atoms with Crippen molar-refractivity contribution in [2.45, 2.75) is 25.7 Å². The topological polar surface area (TPSA) is 70.7 Å². The van der Waals surface area contributed by atoms with E-state index in [2.05, 4.69) is 10.4 Å². The maximum absolute atomic E-state index is 13.3. The maximum atomic E-state index is 13.3. The summed E-state index contributed by atoms with van der Waals surface area (Å²) in [5.74, 6) is -0.653. The summed E-state index contributed by atoms with van der Waals surface area (Å²) in [7, 11) is 0. The van der Waals surface area contributed by atoms with Gasteiger partial charge in [-0.3, -0.25) is 4.79 Å². The molecule has 3 aromatic rings. The van der Waals surface area contributed by atoms with Gasteiger partial charge in [-0.15, -0.1) is 0 Å². The molecule has 7 heteroatoms. The molecule has 5 nitrogen and oxygen atoms in total. The van der Waals surface area contributed by atoms with Crippen LogP contribution >= 0.6 is 11.6 Å². The van der Waals surface area contributed by atoms with E-state index >= 15 is 0 Å². The van der Waals surface area contributed by atoms with Crippen molar-refractivity contribution in [1.29, 1.82) is 5.26 Å². The van der Waals surface area contributed by atoms with Crippen LogP contribution < -0.4 is 5.32 Å². The third-order valence-electron chi connectivity index (χ3n) is 4.81. The second-order valence-corrected chi connectivity index (χ2v) is 7.04. The highest BCUT2D eigenvalue weighted by molar-refractivity contribution is 6.32. The van der Waals surface area contributed by atoms with Crippen LogP contribution in [-0.4, -0.2) is 15.7 Å². The van der Waals surface area contributed by atoms with Gasteiger partial charge < -0.3 is 5.32 Å². The summed E-state index contributed by atoms with van der Waals surface area (Å²) < 4.78 is 15.0. The number of fused-ring (bicyclic) bond motifs is 1. The quantitative estimate of drug-likeness (QED) is 0.701. The fraction of sp³-hybridized carbons (Fsp3) is 0.190. The molecule has 0 saturated heterocycles. The third-order valence-corrected chi connectivity index (χ3v) is 5.13. The van der Waals surface area contributed by atoms with Gasteiger partial charge in [-0.1, -0.05) is 11.6 Å². The lowest BCUT2D eigenvalue weighted by Crippen LogP contribution is -2.15. The Morgan fingerprint density at radius 1 is 1.18 bits per heavy atom. The molecule has 4 rings (SSSR count). The van der Waals surface area contributed by atoms with E-state index in [0.717, 1.165) is 42.6 Å². The molecular formula is C21H16ClFN4O. The van der Waals surface area contributed by atoms with Gasteiger partial charge in [0.15, 0.2) is 5.69 Å². The molecule has 140 valence electrons. The van der Waals surface area contributed by atoms with E-state index in [1.165, 1.54) is 12.1 Å². The second-order valence-electron chi connectivity index (χ2n) is 6.63. The van der Waals surface area contributed by atoms with E-state index in [-0.39, 0.29) is 16.7 Å². The number of carbonyl (C=O) groups is 1. The lowest BCUT2D eigenvalue weighted by Gasteiger charge is -2.14. The van der Waals surface area contributed by atoms with Crippen molar-refractivity contribution in [2.75, 3.05) is 5.32 Å². The van der Waals surface area contributed by atoms with Crippen LogP contribution in [-0.2, 0) is 12.8 Å². The number of benzene rings is 2. The largest absolute Gasteiger partial charge is 0.321 e. The van der Waals surface area contributed by atoms with E-state index in [1.807, 2.05) is 6.07 Å². The minimum absolute atomic E-state index is 0.277. The van der Waals surface area contributed by atoms with Crippen molar-refractivity contribution < 1.29 is 9.18 Å². The Morgan fingerprint density at radius 2 is 1.93 bits per heavy atom. The Hall–Kier alpha value is -3.17. The molecule has 2 aromatic carbocycles. The molecular weight excluding hydrogens is 379 g/mol. The summed E-state index contributed by atoms with van der Waals surface area (Å²) in [6.45, 7) is 0. The number of halogens is 2. The molecule has 0 radical (unpaired) electrons. The van der Waals surface area contributed by atoms with Crippen molar-refractivity contribution in [3.8, 4) is 11.8 Å². The summed E-state index contributed by atoms with van der Waals surface area (Å²) in [6.07, 6.45) is 3.60. The molecule has 0 unspecified atom stereocenters. The molecule has 0 fully saturated rings. The van der Waals surface area contributed by atoms with Crippen LogP contribution in [0.5, 0.6) is 0 Å². The number of anilines is 1. The van der Waals surface area contributed by atoms with Gasteiger partial charge in [0.05, 0.1) is 16.3 Å². The predicted octanol–water partition coefficient (Wildman–Crippen LogP) is 4.67. The van der Waals surface area contributed by atoms with Crippen molar-refractivity contribution >= 4 is 23.2 Å². The Labute approximate surface area is 166 Å². The fourth-order valence-corrected chi connectivity index (χ4v) is 3.67. The number of nitriles is 1. The summed E-state index contributed by atoms with van der Waals surface area (Å²) in [5, 5.41) is 16.6. The number of hydrogen-bond donors (Lipinski definition) is 1. The summed E-state index contributed by atoms with van der Waals surface area (Å²) in [6, 6.07) is 12.8. The molecule has 0 spiro atoms. The molecule has 0 aliphatic heterocycles. The van der Waals surface area contributed by atoms with E-state index in [9.17, 15) is 9.18 Å². The van der Waals surface area contributed by atoms with Crippen molar-refractivity contribution in [1.82, 2.24) is 9.78 Å². The normalized spacial score (nSPS) is 12.9. The van der Waals surface area contributed by atoms with Crippen LogP contribution in [0.25, 0.3) is 5.69 Å². The third kappa shape index (κ3) is 3.37. The number of nitrogens with zero attached hydrogens (tertiary/aromatic N) is 3. The number of hydrogen-bond acceptors (Lipinski definition) is 3. The minimum atomic E-state index is -0.334. The van der Waals surface area contributed by atoms with Gasteiger partial charge in [0, 0.05) is 16.9 Å². The molecule has 28 heavy (non-hydrogen) atoms. The molecule has 1 aromatic heterocycles. The summed E-state index contributed by atoms with van der Waals surface area (Å²) in [5.41, 5.74) is 3.83.